The minimum Gasteiger partial charge on any atom is -0.492 e. The summed E-state index contributed by atoms with van der Waals surface area (Å²) in [7, 11) is -1.87. The molecule has 0 atom stereocenters. The Morgan fingerprint density at radius 3 is 2.58 bits per heavy atom. The van der Waals surface area contributed by atoms with Gasteiger partial charge in [-0.15, -0.1) is 0 Å². The van der Waals surface area contributed by atoms with E-state index in [0.717, 1.165) is 19.3 Å². The van der Waals surface area contributed by atoms with Gasteiger partial charge in [-0.2, -0.15) is 9.40 Å². The minimum absolute atomic E-state index is 0.136. The van der Waals surface area contributed by atoms with Crippen LogP contribution in [0.2, 0.25) is 0 Å². The van der Waals surface area contributed by atoms with Crippen LogP contribution in [0, 0.1) is 13.8 Å². The van der Waals surface area contributed by atoms with E-state index in [0.29, 0.717) is 59.1 Å². The molecule has 1 aliphatic rings. The minimum atomic E-state index is -3.66. The van der Waals surface area contributed by atoms with E-state index in [1.54, 1.807) is 23.9 Å². The Kier molecular flexibility index (Phi) is 6.40. The van der Waals surface area contributed by atoms with Gasteiger partial charge < -0.3 is 10.1 Å². The van der Waals surface area contributed by atoms with Crippen molar-refractivity contribution in [2.75, 3.05) is 25.0 Å². The number of nitrogens with zero attached hydrogens (tertiary/aromatic N) is 4. The Balaban J connectivity index is 1.74. The Labute approximate surface area is 193 Å². The van der Waals surface area contributed by atoms with Crippen molar-refractivity contribution >= 4 is 32.7 Å². The normalized spacial score (nSPS) is 15.0. The van der Waals surface area contributed by atoms with E-state index in [1.807, 2.05) is 20.8 Å². The monoisotopic (exact) mass is 471 g/mol. The van der Waals surface area contributed by atoms with Crippen LogP contribution in [-0.4, -0.2) is 53.1 Å². The first kappa shape index (κ1) is 23.2. The summed E-state index contributed by atoms with van der Waals surface area (Å²) >= 11 is 0. The summed E-state index contributed by atoms with van der Waals surface area (Å²) in [5.41, 5.74) is 2.72. The quantitative estimate of drug-likeness (QED) is 0.591. The molecule has 1 amide bonds. The molecule has 0 aliphatic carbocycles. The van der Waals surface area contributed by atoms with Gasteiger partial charge in [0.15, 0.2) is 5.65 Å². The second-order valence-electron chi connectivity index (χ2n) is 8.23. The Bertz CT molecular complexity index is 1310. The number of ether oxygens (including phenoxy) is 1. The molecular weight excluding hydrogens is 442 g/mol. The highest BCUT2D eigenvalue weighted by Crippen LogP contribution is 2.31. The molecule has 9 nitrogen and oxygen atoms in total. The molecule has 176 valence electrons. The number of sulfonamides is 1. The highest BCUT2D eigenvalue weighted by molar-refractivity contribution is 7.89. The van der Waals surface area contributed by atoms with Gasteiger partial charge in [-0.25, -0.2) is 13.4 Å². The standard InChI is InChI=1S/C23H29N5O4S/c1-5-32-20-10-9-17(33(30,31)28-11-7-6-8-12-28)14-19(20)25-23(29)18-13-15(2)24-22-21(18)16(3)26-27(22)4/h9-10,13-14H,5-8,11-12H2,1-4H3,(H,25,29). The molecule has 33 heavy (non-hydrogen) atoms. The molecule has 1 saturated heterocycles. The number of benzene rings is 1. The molecule has 0 unspecified atom stereocenters. The first-order chi connectivity index (χ1) is 15.7. The van der Waals surface area contributed by atoms with Crippen LogP contribution in [0.4, 0.5) is 5.69 Å². The Morgan fingerprint density at radius 2 is 1.88 bits per heavy atom. The SMILES string of the molecule is CCOc1ccc(S(=O)(=O)N2CCCCC2)cc1NC(=O)c1cc(C)nc2c1c(C)nn2C. The maximum Gasteiger partial charge on any atom is 0.256 e. The molecule has 3 aromatic rings. The molecular formula is C23H29N5O4S. The van der Waals surface area contributed by atoms with Crippen LogP contribution in [0.1, 0.15) is 47.9 Å². The summed E-state index contributed by atoms with van der Waals surface area (Å²) < 4.78 is 35.2. The molecule has 0 radical (unpaired) electrons. The van der Waals surface area contributed by atoms with E-state index in [2.05, 4.69) is 15.4 Å². The zero-order chi connectivity index (χ0) is 23.8. The number of anilines is 1. The predicted molar refractivity (Wildman–Crippen MR) is 126 cm³/mol. The summed E-state index contributed by atoms with van der Waals surface area (Å²) in [6.45, 7) is 6.86. The molecule has 0 spiro atoms. The van der Waals surface area contributed by atoms with E-state index in [9.17, 15) is 13.2 Å². The van der Waals surface area contributed by atoms with Crippen molar-refractivity contribution in [1.29, 1.82) is 0 Å². The lowest BCUT2D eigenvalue weighted by atomic mass is 10.1. The molecule has 1 fully saturated rings. The highest BCUT2D eigenvalue weighted by atomic mass is 32.2. The van der Waals surface area contributed by atoms with Gasteiger partial charge in [-0.05, 0) is 57.9 Å². The van der Waals surface area contributed by atoms with Crippen LogP contribution in [0.25, 0.3) is 11.0 Å². The number of carbonyl (C=O) groups is 1. The van der Waals surface area contributed by atoms with Crippen molar-refractivity contribution in [3.8, 4) is 5.75 Å². The fourth-order valence-electron chi connectivity index (χ4n) is 4.24. The van der Waals surface area contributed by atoms with Gasteiger partial charge in [0, 0.05) is 25.8 Å². The fraction of sp³-hybridized carbons (Fsp3) is 0.435. The van der Waals surface area contributed by atoms with Crippen LogP contribution < -0.4 is 10.1 Å². The lowest BCUT2D eigenvalue weighted by Gasteiger charge is -2.26. The van der Waals surface area contributed by atoms with Crippen molar-refractivity contribution in [2.45, 2.75) is 44.9 Å². The molecule has 0 saturated carbocycles. The summed E-state index contributed by atoms with van der Waals surface area (Å²) in [5.74, 6) is 0.0310. The number of hydrogen-bond donors (Lipinski definition) is 1. The van der Waals surface area contributed by atoms with Gasteiger partial charge in [0.05, 0.1) is 33.8 Å². The number of piperidine rings is 1. The average Bonchev–Trinajstić information content (AvgIpc) is 3.08. The van der Waals surface area contributed by atoms with E-state index in [4.69, 9.17) is 4.74 Å². The second-order valence-corrected chi connectivity index (χ2v) is 10.2. The number of rotatable bonds is 6. The van der Waals surface area contributed by atoms with Gasteiger partial charge in [0.25, 0.3) is 5.91 Å². The third-order valence-electron chi connectivity index (χ3n) is 5.79. The maximum absolute atomic E-state index is 13.4. The fourth-order valence-corrected chi connectivity index (χ4v) is 5.79. The Hall–Kier alpha value is -2.98. The third kappa shape index (κ3) is 4.45. The van der Waals surface area contributed by atoms with Crippen molar-refractivity contribution in [3.05, 3.63) is 41.2 Å². The first-order valence-electron chi connectivity index (χ1n) is 11.1. The van der Waals surface area contributed by atoms with E-state index < -0.39 is 10.0 Å². The predicted octanol–water partition coefficient (Wildman–Crippen LogP) is 3.41. The maximum atomic E-state index is 13.4. The number of aryl methyl sites for hydroxylation is 3. The summed E-state index contributed by atoms with van der Waals surface area (Å²) in [5, 5.41) is 7.93. The van der Waals surface area contributed by atoms with E-state index in [1.165, 1.54) is 16.4 Å². The van der Waals surface area contributed by atoms with Crippen molar-refractivity contribution < 1.29 is 17.9 Å². The second kappa shape index (κ2) is 9.11. The number of hydrogen-bond acceptors (Lipinski definition) is 6. The van der Waals surface area contributed by atoms with E-state index in [-0.39, 0.29) is 10.8 Å². The molecule has 4 rings (SSSR count). The number of pyridine rings is 1. The Morgan fingerprint density at radius 1 is 1.15 bits per heavy atom. The number of aromatic nitrogens is 3. The lowest BCUT2D eigenvalue weighted by molar-refractivity contribution is 0.102. The molecule has 1 aliphatic heterocycles. The van der Waals surface area contributed by atoms with Crippen LogP contribution >= 0.6 is 0 Å². The van der Waals surface area contributed by atoms with Gasteiger partial charge in [-0.3, -0.25) is 9.48 Å². The molecule has 10 heteroatoms. The number of nitrogens with one attached hydrogen (secondary N) is 1. The molecule has 2 aromatic heterocycles. The van der Waals surface area contributed by atoms with E-state index >= 15 is 0 Å². The highest BCUT2D eigenvalue weighted by Gasteiger charge is 2.27. The topological polar surface area (TPSA) is 106 Å². The summed E-state index contributed by atoms with van der Waals surface area (Å²) in [6, 6.07) is 6.32. The zero-order valence-electron chi connectivity index (χ0n) is 19.4. The van der Waals surface area contributed by atoms with Gasteiger partial charge in [0.2, 0.25) is 10.0 Å². The van der Waals surface area contributed by atoms with Crippen LogP contribution in [0.15, 0.2) is 29.2 Å². The number of fused-ring (bicyclic) bond motifs is 1. The largest absolute Gasteiger partial charge is 0.492 e. The summed E-state index contributed by atoms with van der Waals surface area (Å²) in [4.78, 5) is 18.0. The van der Waals surface area contributed by atoms with Crippen LogP contribution in [0.3, 0.4) is 0 Å². The summed E-state index contributed by atoms with van der Waals surface area (Å²) in [6.07, 6.45) is 2.73. The molecule has 1 N–H and O–H groups in total. The van der Waals surface area contributed by atoms with Gasteiger partial charge in [-0.1, -0.05) is 6.42 Å². The third-order valence-corrected chi connectivity index (χ3v) is 7.69. The van der Waals surface area contributed by atoms with Crippen molar-refractivity contribution in [3.63, 3.8) is 0 Å². The smallest absolute Gasteiger partial charge is 0.256 e. The molecule has 1 aromatic carbocycles. The number of carbonyl (C=O) groups excluding carboxylic acids is 1. The molecule has 3 heterocycles. The average molecular weight is 472 g/mol. The van der Waals surface area contributed by atoms with Crippen LogP contribution in [0.5, 0.6) is 5.75 Å². The van der Waals surface area contributed by atoms with Gasteiger partial charge in [0.1, 0.15) is 5.75 Å². The zero-order valence-corrected chi connectivity index (χ0v) is 20.2. The molecule has 0 bridgehead atoms. The van der Waals surface area contributed by atoms with Crippen molar-refractivity contribution in [1.82, 2.24) is 19.1 Å². The first-order valence-corrected chi connectivity index (χ1v) is 12.6. The van der Waals surface area contributed by atoms with Crippen LogP contribution in [-0.2, 0) is 17.1 Å². The number of amides is 1. The van der Waals surface area contributed by atoms with Gasteiger partial charge >= 0.3 is 0 Å². The lowest BCUT2D eigenvalue weighted by Crippen LogP contribution is -2.35. The van der Waals surface area contributed by atoms with Crippen molar-refractivity contribution in [2.24, 2.45) is 7.05 Å².